The first-order chi connectivity index (χ1) is 14.5. The number of carbonyl (C=O) groups excluding carboxylic acids is 2. The van der Waals surface area contributed by atoms with Gasteiger partial charge in [-0.2, -0.15) is 0 Å². The van der Waals surface area contributed by atoms with Crippen molar-refractivity contribution in [3.63, 3.8) is 0 Å². The van der Waals surface area contributed by atoms with Crippen LogP contribution in [-0.2, 0) is 6.42 Å². The summed E-state index contributed by atoms with van der Waals surface area (Å²) in [6.07, 6.45) is 0.260. The van der Waals surface area contributed by atoms with Crippen LogP contribution >= 0.6 is 0 Å². The molecule has 8 heteroatoms. The number of carbonyl (C=O) groups is 2. The summed E-state index contributed by atoms with van der Waals surface area (Å²) in [7, 11) is 1.31. The Kier molecular flexibility index (Phi) is 7.05. The van der Waals surface area contributed by atoms with Crippen LogP contribution in [0, 0.1) is 13.8 Å². The summed E-state index contributed by atoms with van der Waals surface area (Å²) in [5.74, 6) is -3.49. The first kappa shape index (κ1) is 23.9. The second kappa shape index (κ2) is 9.16. The Morgan fingerprint density at radius 3 is 1.77 bits per heavy atom. The average Bonchev–Trinajstić information content (AvgIpc) is 2.73. The summed E-state index contributed by atoms with van der Waals surface area (Å²) in [5.41, 5.74) is -0.490. The number of ether oxygens (including phenoxy) is 1. The van der Waals surface area contributed by atoms with Crippen LogP contribution in [0.5, 0.6) is 34.5 Å². The van der Waals surface area contributed by atoms with Crippen molar-refractivity contribution in [3.05, 3.63) is 33.4 Å². The second-order valence-electron chi connectivity index (χ2n) is 7.36. The Hall–Kier alpha value is -3.42. The molecule has 0 bridgehead atoms. The molecule has 0 saturated heterocycles. The van der Waals surface area contributed by atoms with E-state index in [9.17, 15) is 35.1 Å². The zero-order valence-electron chi connectivity index (χ0n) is 18.3. The van der Waals surface area contributed by atoms with Crippen molar-refractivity contribution in [1.82, 2.24) is 0 Å². The van der Waals surface area contributed by atoms with Gasteiger partial charge in [0.25, 0.3) is 0 Å². The SMILES string of the molecule is CCCC(=O)c1c(O)c(C)c(O)c(Cc2c(O)c(C(=O)CC)c(O)c(C)c2OC)c1O. The Labute approximate surface area is 180 Å². The van der Waals surface area contributed by atoms with E-state index in [1.54, 1.807) is 13.8 Å². The van der Waals surface area contributed by atoms with Crippen molar-refractivity contribution in [2.24, 2.45) is 0 Å². The fourth-order valence-corrected chi connectivity index (χ4v) is 3.63. The van der Waals surface area contributed by atoms with E-state index in [-0.39, 0.29) is 58.4 Å². The number of hydrogen-bond donors (Lipinski definition) is 5. The third-order valence-electron chi connectivity index (χ3n) is 5.40. The van der Waals surface area contributed by atoms with Gasteiger partial charge in [0.15, 0.2) is 11.6 Å². The molecule has 5 N–H and O–H groups in total. The minimum absolute atomic E-state index is 0.00827. The van der Waals surface area contributed by atoms with E-state index in [0.717, 1.165) is 0 Å². The summed E-state index contributed by atoms with van der Waals surface area (Å²) in [6.45, 7) is 6.24. The molecule has 0 fully saturated rings. The Balaban J connectivity index is 2.84. The van der Waals surface area contributed by atoms with E-state index in [1.807, 2.05) is 0 Å². The molecule has 0 saturated carbocycles. The average molecular weight is 432 g/mol. The van der Waals surface area contributed by atoms with Crippen LogP contribution in [0.4, 0.5) is 0 Å². The van der Waals surface area contributed by atoms with Crippen molar-refractivity contribution < 1.29 is 39.9 Å². The number of phenols is 5. The van der Waals surface area contributed by atoms with Gasteiger partial charge in [-0.3, -0.25) is 9.59 Å². The Bertz CT molecular complexity index is 1050. The number of phenolic OH excluding ortho intramolecular Hbond substituents is 5. The van der Waals surface area contributed by atoms with Crippen LogP contribution in [0.25, 0.3) is 0 Å². The first-order valence-corrected chi connectivity index (χ1v) is 9.97. The van der Waals surface area contributed by atoms with Gasteiger partial charge in [-0.15, -0.1) is 0 Å². The molecule has 0 aromatic heterocycles. The van der Waals surface area contributed by atoms with Gasteiger partial charge in [-0.05, 0) is 20.3 Å². The van der Waals surface area contributed by atoms with Crippen molar-refractivity contribution in [3.8, 4) is 34.5 Å². The lowest BCUT2D eigenvalue weighted by molar-refractivity contribution is 0.0970. The number of ketones is 2. The monoisotopic (exact) mass is 432 g/mol. The van der Waals surface area contributed by atoms with E-state index in [0.29, 0.717) is 6.42 Å². The molecule has 2 aromatic rings. The highest BCUT2D eigenvalue weighted by Gasteiger charge is 2.30. The molecule has 0 aliphatic rings. The van der Waals surface area contributed by atoms with E-state index >= 15 is 0 Å². The minimum Gasteiger partial charge on any atom is -0.507 e. The molecule has 2 aromatic carbocycles. The van der Waals surface area contributed by atoms with E-state index in [1.165, 1.54) is 21.0 Å². The highest BCUT2D eigenvalue weighted by atomic mass is 16.5. The van der Waals surface area contributed by atoms with Crippen molar-refractivity contribution in [2.45, 2.75) is 53.4 Å². The fraction of sp³-hybridized carbons (Fsp3) is 0.391. The Morgan fingerprint density at radius 2 is 1.26 bits per heavy atom. The second-order valence-corrected chi connectivity index (χ2v) is 7.36. The van der Waals surface area contributed by atoms with Crippen LogP contribution in [0.3, 0.4) is 0 Å². The van der Waals surface area contributed by atoms with Crippen LogP contribution in [-0.4, -0.2) is 44.2 Å². The first-order valence-electron chi connectivity index (χ1n) is 9.97. The van der Waals surface area contributed by atoms with E-state index in [4.69, 9.17) is 4.74 Å². The van der Waals surface area contributed by atoms with Gasteiger partial charge < -0.3 is 30.3 Å². The standard InChI is InChI=1S/C23H28O8/c1-6-8-15(25)17-19(27)10(3)18(26)12(21(17)29)9-13-22(30)16(14(24)7-2)20(28)11(4)23(13)31-5/h26-30H,6-9H2,1-5H3. The quantitative estimate of drug-likeness (QED) is 0.394. The van der Waals surface area contributed by atoms with Crippen LogP contribution < -0.4 is 4.74 Å². The van der Waals surface area contributed by atoms with Crippen LogP contribution in [0.1, 0.15) is 76.1 Å². The van der Waals surface area contributed by atoms with Gasteiger partial charge in [-0.25, -0.2) is 0 Å². The molecule has 0 atom stereocenters. The van der Waals surface area contributed by atoms with Crippen LogP contribution in [0.2, 0.25) is 0 Å². The highest BCUT2D eigenvalue weighted by molar-refractivity contribution is 6.03. The van der Waals surface area contributed by atoms with Gasteiger partial charge in [0, 0.05) is 41.5 Å². The minimum atomic E-state index is -0.616. The number of aromatic hydroxyl groups is 5. The molecule has 0 heterocycles. The number of Topliss-reactive ketones (excluding diaryl/α,β-unsaturated/α-hetero) is 2. The molecule has 0 aliphatic carbocycles. The number of rotatable bonds is 8. The molecule has 8 nitrogen and oxygen atoms in total. The zero-order chi connectivity index (χ0) is 23.6. The molecule has 0 unspecified atom stereocenters. The summed E-state index contributed by atoms with van der Waals surface area (Å²) >= 11 is 0. The molecule has 31 heavy (non-hydrogen) atoms. The van der Waals surface area contributed by atoms with Gasteiger partial charge in [0.05, 0.1) is 7.11 Å². The summed E-state index contributed by atoms with van der Waals surface area (Å²) < 4.78 is 5.32. The maximum Gasteiger partial charge on any atom is 0.170 e. The van der Waals surface area contributed by atoms with Crippen molar-refractivity contribution >= 4 is 11.6 Å². The fourth-order valence-electron chi connectivity index (χ4n) is 3.63. The zero-order valence-corrected chi connectivity index (χ0v) is 18.3. The third kappa shape index (κ3) is 3.97. The largest absolute Gasteiger partial charge is 0.507 e. The number of methoxy groups -OCH3 is 1. The maximum atomic E-state index is 12.5. The Morgan fingerprint density at radius 1 is 0.742 bits per heavy atom. The molecular weight excluding hydrogens is 404 g/mol. The van der Waals surface area contributed by atoms with Gasteiger partial charge in [-0.1, -0.05) is 13.8 Å². The van der Waals surface area contributed by atoms with Gasteiger partial charge in [0.1, 0.15) is 45.6 Å². The van der Waals surface area contributed by atoms with Gasteiger partial charge in [0.2, 0.25) is 0 Å². The summed E-state index contributed by atoms with van der Waals surface area (Å²) in [4.78, 5) is 24.8. The number of hydrogen-bond acceptors (Lipinski definition) is 8. The predicted octanol–water partition coefficient (Wildman–Crippen LogP) is 4.01. The third-order valence-corrected chi connectivity index (χ3v) is 5.40. The topological polar surface area (TPSA) is 145 Å². The predicted molar refractivity (Wildman–Crippen MR) is 114 cm³/mol. The lowest BCUT2D eigenvalue weighted by Crippen LogP contribution is -2.07. The molecular formula is C23H28O8. The molecule has 0 amide bonds. The lowest BCUT2D eigenvalue weighted by Gasteiger charge is -2.20. The van der Waals surface area contributed by atoms with Crippen molar-refractivity contribution in [1.29, 1.82) is 0 Å². The summed E-state index contributed by atoms with van der Waals surface area (Å²) in [6, 6.07) is 0. The number of benzene rings is 2. The van der Waals surface area contributed by atoms with E-state index in [2.05, 4.69) is 0 Å². The lowest BCUT2D eigenvalue weighted by atomic mass is 9.90. The molecule has 0 radical (unpaired) electrons. The maximum absolute atomic E-state index is 12.5. The van der Waals surface area contributed by atoms with Crippen molar-refractivity contribution in [2.75, 3.05) is 7.11 Å². The molecule has 2 rings (SSSR count). The normalized spacial score (nSPS) is 10.9. The molecule has 0 spiro atoms. The van der Waals surface area contributed by atoms with Crippen LogP contribution in [0.15, 0.2) is 0 Å². The summed E-state index contributed by atoms with van der Waals surface area (Å²) in [5, 5.41) is 52.9. The smallest absolute Gasteiger partial charge is 0.170 e. The van der Waals surface area contributed by atoms with E-state index < -0.39 is 40.3 Å². The van der Waals surface area contributed by atoms with Gasteiger partial charge >= 0.3 is 0 Å². The molecule has 0 aliphatic heterocycles. The molecule has 168 valence electrons. The highest BCUT2D eigenvalue weighted by Crippen LogP contribution is 2.48.